The molecule has 0 aromatic carbocycles. The zero-order chi connectivity index (χ0) is 11.5. The van der Waals surface area contributed by atoms with Crippen LogP contribution < -0.4 is 5.73 Å². The molecular weight excluding hydrogens is 196 g/mol. The first-order valence-electron chi connectivity index (χ1n) is 7.16. The van der Waals surface area contributed by atoms with Gasteiger partial charge in [0.25, 0.3) is 0 Å². The Bertz CT molecular complexity index is 217. The Hall–Kier alpha value is -0.0800. The molecule has 2 aliphatic rings. The van der Waals surface area contributed by atoms with Crippen molar-refractivity contribution in [3.63, 3.8) is 0 Å². The monoisotopic (exact) mass is 224 g/mol. The predicted molar refractivity (Wildman–Crippen MR) is 69.4 cm³/mol. The highest BCUT2D eigenvalue weighted by Crippen LogP contribution is 2.30. The number of likely N-dealkylation sites (N-methyl/N-ethyl adjacent to an activating group) is 1. The van der Waals surface area contributed by atoms with Gasteiger partial charge in [0.15, 0.2) is 0 Å². The van der Waals surface area contributed by atoms with Crippen LogP contribution in [0.3, 0.4) is 0 Å². The third-order valence-electron chi connectivity index (χ3n) is 4.79. The molecule has 2 nitrogen and oxygen atoms in total. The molecular formula is C14H28N2. The van der Waals surface area contributed by atoms with Crippen molar-refractivity contribution in [3.05, 3.63) is 0 Å². The lowest BCUT2D eigenvalue weighted by molar-refractivity contribution is 0.0842. The number of nitrogens with zero attached hydrogens (tertiary/aromatic N) is 1. The number of rotatable bonds is 2. The predicted octanol–water partition coefficient (Wildman–Crippen LogP) is 2.77. The van der Waals surface area contributed by atoms with E-state index in [1.165, 1.54) is 51.4 Å². The molecule has 0 radical (unpaired) electrons. The van der Waals surface area contributed by atoms with Crippen molar-refractivity contribution in [2.75, 3.05) is 7.05 Å². The average Bonchev–Trinajstić information content (AvgIpc) is 2.29. The van der Waals surface area contributed by atoms with Crippen molar-refractivity contribution in [2.24, 2.45) is 11.7 Å². The molecule has 0 heterocycles. The SMILES string of the molecule is CC1CCCC(N(C)C2CCCCC2N)C1. The Morgan fingerprint density at radius 1 is 1.00 bits per heavy atom. The topological polar surface area (TPSA) is 29.3 Å². The van der Waals surface area contributed by atoms with Crippen LogP contribution in [0.4, 0.5) is 0 Å². The van der Waals surface area contributed by atoms with Gasteiger partial charge in [-0.05, 0) is 38.6 Å². The van der Waals surface area contributed by atoms with Gasteiger partial charge < -0.3 is 5.73 Å². The van der Waals surface area contributed by atoms with E-state index in [9.17, 15) is 0 Å². The second-order valence-electron chi connectivity index (χ2n) is 6.11. The van der Waals surface area contributed by atoms with E-state index in [-0.39, 0.29) is 0 Å². The molecule has 2 N–H and O–H groups in total. The van der Waals surface area contributed by atoms with Crippen LogP contribution in [0.25, 0.3) is 0 Å². The molecule has 2 aliphatic carbocycles. The molecule has 16 heavy (non-hydrogen) atoms. The fourth-order valence-electron chi connectivity index (χ4n) is 3.69. The lowest BCUT2D eigenvalue weighted by Gasteiger charge is -2.43. The number of nitrogens with two attached hydrogens (primary N) is 1. The van der Waals surface area contributed by atoms with Crippen LogP contribution in [-0.4, -0.2) is 30.1 Å². The normalized spacial score (nSPS) is 41.2. The largest absolute Gasteiger partial charge is 0.326 e. The van der Waals surface area contributed by atoms with Gasteiger partial charge in [-0.25, -0.2) is 0 Å². The number of hydrogen-bond donors (Lipinski definition) is 1. The Kier molecular flexibility index (Phi) is 4.26. The minimum absolute atomic E-state index is 0.427. The highest BCUT2D eigenvalue weighted by molar-refractivity contribution is 4.89. The Morgan fingerprint density at radius 3 is 2.44 bits per heavy atom. The summed E-state index contributed by atoms with van der Waals surface area (Å²) in [5.74, 6) is 0.918. The lowest BCUT2D eigenvalue weighted by Crippen LogP contribution is -2.52. The summed E-state index contributed by atoms with van der Waals surface area (Å²) in [5, 5.41) is 0. The van der Waals surface area contributed by atoms with Gasteiger partial charge in [0.05, 0.1) is 0 Å². The fraction of sp³-hybridized carbons (Fsp3) is 1.00. The second-order valence-corrected chi connectivity index (χ2v) is 6.11. The molecule has 0 aromatic heterocycles. The van der Waals surface area contributed by atoms with Crippen molar-refractivity contribution in [2.45, 2.75) is 76.4 Å². The lowest BCUT2D eigenvalue weighted by atomic mass is 9.83. The van der Waals surface area contributed by atoms with Gasteiger partial charge in [0.1, 0.15) is 0 Å². The Morgan fingerprint density at radius 2 is 1.75 bits per heavy atom. The van der Waals surface area contributed by atoms with Crippen LogP contribution in [0.5, 0.6) is 0 Å². The van der Waals surface area contributed by atoms with E-state index in [0.29, 0.717) is 12.1 Å². The summed E-state index contributed by atoms with van der Waals surface area (Å²) in [6.07, 6.45) is 10.9. The molecule has 2 rings (SSSR count). The van der Waals surface area contributed by atoms with Gasteiger partial charge in [-0.3, -0.25) is 4.90 Å². The molecule has 0 saturated heterocycles. The van der Waals surface area contributed by atoms with E-state index in [1.54, 1.807) is 0 Å². The molecule has 0 spiro atoms. The van der Waals surface area contributed by atoms with Crippen LogP contribution in [0.15, 0.2) is 0 Å². The van der Waals surface area contributed by atoms with Crippen LogP contribution in [0.1, 0.15) is 58.3 Å². The summed E-state index contributed by atoms with van der Waals surface area (Å²) in [7, 11) is 2.32. The van der Waals surface area contributed by atoms with Gasteiger partial charge in [0, 0.05) is 18.1 Å². The third-order valence-corrected chi connectivity index (χ3v) is 4.79. The van der Waals surface area contributed by atoms with Gasteiger partial charge in [0.2, 0.25) is 0 Å². The molecule has 2 saturated carbocycles. The summed E-state index contributed by atoms with van der Waals surface area (Å²) >= 11 is 0. The highest BCUT2D eigenvalue weighted by Gasteiger charge is 2.31. The van der Waals surface area contributed by atoms with Crippen molar-refractivity contribution in [3.8, 4) is 0 Å². The molecule has 94 valence electrons. The first kappa shape index (κ1) is 12.4. The zero-order valence-electron chi connectivity index (χ0n) is 11.0. The van der Waals surface area contributed by atoms with Crippen molar-refractivity contribution < 1.29 is 0 Å². The van der Waals surface area contributed by atoms with Gasteiger partial charge in [-0.15, -0.1) is 0 Å². The molecule has 0 aliphatic heterocycles. The van der Waals surface area contributed by atoms with E-state index in [1.807, 2.05) is 0 Å². The van der Waals surface area contributed by atoms with Gasteiger partial charge in [-0.2, -0.15) is 0 Å². The molecule has 0 aromatic rings. The van der Waals surface area contributed by atoms with Crippen LogP contribution in [-0.2, 0) is 0 Å². The molecule has 2 heteroatoms. The molecule has 0 amide bonds. The molecule has 0 bridgehead atoms. The molecule has 4 unspecified atom stereocenters. The summed E-state index contributed by atoms with van der Waals surface area (Å²) in [5.41, 5.74) is 6.28. The zero-order valence-corrected chi connectivity index (χ0v) is 11.0. The van der Waals surface area contributed by atoms with Gasteiger partial charge in [-0.1, -0.05) is 32.6 Å². The van der Waals surface area contributed by atoms with Crippen molar-refractivity contribution in [1.29, 1.82) is 0 Å². The number of hydrogen-bond acceptors (Lipinski definition) is 2. The first-order chi connectivity index (χ1) is 7.68. The van der Waals surface area contributed by atoms with E-state index < -0.39 is 0 Å². The highest BCUT2D eigenvalue weighted by atomic mass is 15.2. The third kappa shape index (κ3) is 2.78. The van der Waals surface area contributed by atoms with E-state index in [4.69, 9.17) is 5.73 Å². The standard InChI is InChI=1S/C14H28N2/c1-11-6-5-7-12(10-11)16(2)14-9-4-3-8-13(14)15/h11-14H,3-10,15H2,1-2H3. The van der Waals surface area contributed by atoms with E-state index in [0.717, 1.165) is 12.0 Å². The Labute approximate surface area is 101 Å². The quantitative estimate of drug-likeness (QED) is 0.781. The molecule has 2 fully saturated rings. The summed E-state index contributed by atoms with van der Waals surface area (Å²) in [6.45, 7) is 2.40. The van der Waals surface area contributed by atoms with Gasteiger partial charge >= 0.3 is 0 Å². The average molecular weight is 224 g/mol. The molecule has 4 atom stereocenters. The summed E-state index contributed by atoms with van der Waals surface area (Å²) < 4.78 is 0. The van der Waals surface area contributed by atoms with Crippen molar-refractivity contribution >= 4 is 0 Å². The maximum absolute atomic E-state index is 6.28. The minimum atomic E-state index is 0.427. The minimum Gasteiger partial charge on any atom is -0.326 e. The van der Waals surface area contributed by atoms with E-state index in [2.05, 4.69) is 18.9 Å². The summed E-state index contributed by atoms with van der Waals surface area (Å²) in [6, 6.07) is 1.89. The smallest absolute Gasteiger partial charge is 0.0247 e. The van der Waals surface area contributed by atoms with Crippen LogP contribution >= 0.6 is 0 Å². The van der Waals surface area contributed by atoms with E-state index >= 15 is 0 Å². The summed E-state index contributed by atoms with van der Waals surface area (Å²) in [4.78, 5) is 2.62. The van der Waals surface area contributed by atoms with Crippen LogP contribution in [0, 0.1) is 5.92 Å². The maximum atomic E-state index is 6.28. The fourth-order valence-corrected chi connectivity index (χ4v) is 3.69. The second kappa shape index (κ2) is 5.50. The van der Waals surface area contributed by atoms with Crippen molar-refractivity contribution in [1.82, 2.24) is 4.90 Å². The first-order valence-corrected chi connectivity index (χ1v) is 7.16. The Balaban J connectivity index is 1.91. The maximum Gasteiger partial charge on any atom is 0.0247 e. The van der Waals surface area contributed by atoms with Crippen LogP contribution in [0.2, 0.25) is 0 Å².